The van der Waals surface area contributed by atoms with Crippen LogP contribution in [0.4, 0.5) is 0 Å². The normalized spacial score (nSPS) is 34.5. The van der Waals surface area contributed by atoms with E-state index in [9.17, 15) is 9.59 Å². The van der Waals surface area contributed by atoms with Crippen molar-refractivity contribution in [1.29, 1.82) is 0 Å². The summed E-state index contributed by atoms with van der Waals surface area (Å²) in [5, 5.41) is 0. The Hall–Kier alpha value is -1.10. The van der Waals surface area contributed by atoms with E-state index in [1.54, 1.807) is 6.92 Å². The molecule has 1 heterocycles. The maximum Gasteiger partial charge on any atom is 0.226 e. The van der Waals surface area contributed by atoms with E-state index >= 15 is 0 Å². The summed E-state index contributed by atoms with van der Waals surface area (Å²) in [5.41, 5.74) is 6.17. The van der Waals surface area contributed by atoms with Crippen LogP contribution in [0.25, 0.3) is 0 Å². The molecule has 5 nitrogen and oxygen atoms in total. The van der Waals surface area contributed by atoms with Gasteiger partial charge in [0.1, 0.15) is 0 Å². The molecule has 1 aliphatic heterocycles. The first-order valence-corrected chi connectivity index (χ1v) is 8.20. The molecule has 0 aromatic rings. The lowest BCUT2D eigenvalue weighted by molar-refractivity contribution is -0.139. The summed E-state index contributed by atoms with van der Waals surface area (Å²) in [6, 6.07) is 0.135. The second-order valence-electron chi connectivity index (χ2n) is 6.88. The highest BCUT2D eigenvalue weighted by Crippen LogP contribution is 2.34. The fourth-order valence-corrected chi connectivity index (χ4v) is 3.71. The quantitative estimate of drug-likeness (QED) is 0.787. The molecule has 0 spiro atoms. The molecular formula is C16H29N3O2. The summed E-state index contributed by atoms with van der Waals surface area (Å²) in [5.74, 6) is 1.31. The van der Waals surface area contributed by atoms with Gasteiger partial charge in [-0.3, -0.25) is 9.59 Å². The monoisotopic (exact) mass is 295 g/mol. The van der Waals surface area contributed by atoms with Crippen molar-refractivity contribution < 1.29 is 9.59 Å². The minimum Gasteiger partial charge on any atom is -0.341 e. The smallest absolute Gasteiger partial charge is 0.226 e. The van der Waals surface area contributed by atoms with Crippen LogP contribution in [0.2, 0.25) is 0 Å². The lowest BCUT2D eigenvalue weighted by Crippen LogP contribution is -2.47. The Morgan fingerprint density at radius 2 is 1.57 bits per heavy atom. The first-order chi connectivity index (χ1) is 9.90. The number of hydrogen-bond acceptors (Lipinski definition) is 3. The van der Waals surface area contributed by atoms with Gasteiger partial charge in [-0.1, -0.05) is 13.8 Å². The molecule has 2 N–H and O–H groups in total. The van der Waals surface area contributed by atoms with Crippen molar-refractivity contribution in [2.75, 3.05) is 26.2 Å². The molecule has 0 aromatic heterocycles. The molecule has 1 saturated carbocycles. The highest BCUT2D eigenvalue weighted by molar-refractivity contribution is 5.79. The van der Waals surface area contributed by atoms with Crippen molar-refractivity contribution in [3.8, 4) is 0 Å². The fraction of sp³-hybridized carbons (Fsp3) is 0.875. The van der Waals surface area contributed by atoms with Gasteiger partial charge in [-0.2, -0.15) is 0 Å². The zero-order chi connectivity index (χ0) is 15.6. The largest absolute Gasteiger partial charge is 0.341 e. The van der Waals surface area contributed by atoms with Crippen LogP contribution in [0, 0.1) is 17.8 Å². The summed E-state index contributed by atoms with van der Waals surface area (Å²) in [7, 11) is 0. The number of hydrogen-bond donors (Lipinski definition) is 1. The van der Waals surface area contributed by atoms with Crippen LogP contribution in [0.3, 0.4) is 0 Å². The van der Waals surface area contributed by atoms with Gasteiger partial charge >= 0.3 is 0 Å². The lowest BCUT2D eigenvalue weighted by Gasteiger charge is -2.38. The molecule has 2 amide bonds. The van der Waals surface area contributed by atoms with E-state index in [2.05, 4.69) is 13.8 Å². The highest BCUT2D eigenvalue weighted by atomic mass is 16.2. The Morgan fingerprint density at radius 1 is 0.952 bits per heavy atom. The van der Waals surface area contributed by atoms with E-state index in [4.69, 9.17) is 5.73 Å². The van der Waals surface area contributed by atoms with Crippen LogP contribution in [0.15, 0.2) is 0 Å². The summed E-state index contributed by atoms with van der Waals surface area (Å²) >= 11 is 0. The molecule has 1 saturated heterocycles. The Labute approximate surface area is 127 Å². The molecule has 2 fully saturated rings. The van der Waals surface area contributed by atoms with Crippen LogP contribution >= 0.6 is 0 Å². The fourth-order valence-electron chi connectivity index (χ4n) is 3.71. The first kappa shape index (κ1) is 16.3. The molecule has 0 radical (unpaired) electrons. The molecule has 2 rings (SSSR count). The molecule has 4 unspecified atom stereocenters. The molecule has 21 heavy (non-hydrogen) atoms. The van der Waals surface area contributed by atoms with E-state index < -0.39 is 0 Å². The van der Waals surface area contributed by atoms with Crippen molar-refractivity contribution >= 4 is 11.8 Å². The summed E-state index contributed by atoms with van der Waals surface area (Å²) in [6.45, 7) is 8.79. The molecule has 0 bridgehead atoms. The first-order valence-electron chi connectivity index (χ1n) is 8.20. The molecule has 5 heteroatoms. The molecule has 0 aromatic carbocycles. The third-order valence-corrected chi connectivity index (χ3v) is 5.26. The highest BCUT2D eigenvalue weighted by Gasteiger charge is 2.37. The summed E-state index contributed by atoms with van der Waals surface area (Å²) in [6.07, 6.45) is 2.70. The predicted molar refractivity (Wildman–Crippen MR) is 82.5 cm³/mol. The maximum absolute atomic E-state index is 12.8. The van der Waals surface area contributed by atoms with Gasteiger partial charge in [0.25, 0.3) is 0 Å². The van der Waals surface area contributed by atoms with Gasteiger partial charge in [0.05, 0.1) is 0 Å². The van der Waals surface area contributed by atoms with Gasteiger partial charge in [-0.05, 0) is 31.1 Å². The number of nitrogens with zero attached hydrogens (tertiary/aromatic N) is 2. The number of rotatable bonds is 1. The van der Waals surface area contributed by atoms with Crippen LogP contribution in [0.1, 0.15) is 40.0 Å². The van der Waals surface area contributed by atoms with Gasteiger partial charge in [0.15, 0.2) is 0 Å². The standard InChI is InChI=1S/C16H29N3O2/c1-11-9-12(2)15(17)10-14(11)16(21)19-6-4-5-18(7-8-19)13(3)20/h11-12,14-15H,4-10,17H2,1-3H3. The van der Waals surface area contributed by atoms with E-state index in [1.165, 1.54) is 0 Å². The predicted octanol–water partition coefficient (Wildman–Crippen LogP) is 1.08. The van der Waals surface area contributed by atoms with E-state index in [0.29, 0.717) is 24.9 Å². The van der Waals surface area contributed by atoms with E-state index in [-0.39, 0.29) is 23.8 Å². The third-order valence-electron chi connectivity index (χ3n) is 5.26. The SMILES string of the molecule is CC(=O)N1CCCN(C(=O)C2CC(N)C(C)CC2C)CC1. The Bertz CT molecular complexity index is 399. The Morgan fingerprint density at radius 3 is 2.24 bits per heavy atom. The Kier molecular flexibility index (Phi) is 5.25. The van der Waals surface area contributed by atoms with Gasteiger partial charge in [-0.15, -0.1) is 0 Å². The zero-order valence-electron chi connectivity index (χ0n) is 13.5. The summed E-state index contributed by atoms with van der Waals surface area (Å²) in [4.78, 5) is 28.1. The van der Waals surface area contributed by atoms with Gasteiger partial charge < -0.3 is 15.5 Å². The molecular weight excluding hydrogens is 266 g/mol. The van der Waals surface area contributed by atoms with E-state index in [0.717, 1.165) is 32.4 Å². The van der Waals surface area contributed by atoms with Gasteiger partial charge in [-0.25, -0.2) is 0 Å². The van der Waals surface area contributed by atoms with Crippen LogP contribution < -0.4 is 5.73 Å². The minimum atomic E-state index is 0.0556. The van der Waals surface area contributed by atoms with E-state index in [1.807, 2.05) is 9.80 Å². The Balaban J connectivity index is 1.98. The topological polar surface area (TPSA) is 66.6 Å². The van der Waals surface area contributed by atoms with Crippen molar-refractivity contribution in [3.63, 3.8) is 0 Å². The van der Waals surface area contributed by atoms with Crippen molar-refractivity contribution in [2.45, 2.75) is 46.1 Å². The molecule has 4 atom stereocenters. The second kappa shape index (κ2) is 6.77. The minimum absolute atomic E-state index is 0.0556. The number of nitrogens with two attached hydrogens (primary N) is 1. The number of carbonyl (C=O) groups excluding carboxylic acids is 2. The van der Waals surface area contributed by atoms with Gasteiger partial charge in [0.2, 0.25) is 11.8 Å². The van der Waals surface area contributed by atoms with Crippen LogP contribution in [-0.4, -0.2) is 53.8 Å². The average molecular weight is 295 g/mol. The zero-order valence-corrected chi connectivity index (χ0v) is 13.5. The third kappa shape index (κ3) is 3.76. The number of carbonyl (C=O) groups is 2. The molecule has 1 aliphatic carbocycles. The maximum atomic E-state index is 12.8. The van der Waals surface area contributed by atoms with Crippen LogP contribution in [-0.2, 0) is 9.59 Å². The van der Waals surface area contributed by atoms with Crippen molar-refractivity contribution in [2.24, 2.45) is 23.5 Å². The second-order valence-corrected chi connectivity index (χ2v) is 6.88. The lowest BCUT2D eigenvalue weighted by atomic mass is 9.72. The van der Waals surface area contributed by atoms with Crippen molar-refractivity contribution in [1.82, 2.24) is 9.80 Å². The number of amides is 2. The van der Waals surface area contributed by atoms with Gasteiger partial charge in [0, 0.05) is 45.1 Å². The van der Waals surface area contributed by atoms with Crippen LogP contribution in [0.5, 0.6) is 0 Å². The molecule has 2 aliphatic rings. The molecule has 120 valence electrons. The summed E-state index contributed by atoms with van der Waals surface area (Å²) < 4.78 is 0. The van der Waals surface area contributed by atoms with Crippen molar-refractivity contribution in [3.05, 3.63) is 0 Å². The average Bonchev–Trinajstić information content (AvgIpc) is 2.68.